The molecule has 1 unspecified atom stereocenters. The van der Waals surface area contributed by atoms with Gasteiger partial charge in [0, 0.05) is 30.3 Å². The van der Waals surface area contributed by atoms with Gasteiger partial charge in [-0.3, -0.25) is 4.79 Å². The highest BCUT2D eigenvalue weighted by atomic mass is 32.1. The monoisotopic (exact) mass is 309 g/mol. The quantitative estimate of drug-likeness (QED) is 0.778. The molecule has 21 heavy (non-hydrogen) atoms. The highest BCUT2D eigenvalue weighted by Gasteiger charge is 2.11. The number of nitrogens with one attached hydrogen (secondary N) is 1. The number of aryl methyl sites for hydroxylation is 1. The highest BCUT2D eigenvalue weighted by Crippen LogP contribution is 2.20. The molecule has 1 atom stereocenters. The lowest BCUT2D eigenvalue weighted by Crippen LogP contribution is -2.27. The average Bonchev–Trinajstić information content (AvgIpc) is 3.15. The first-order valence-corrected chi connectivity index (χ1v) is 7.93. The van der Waals surface area contributed by atoms with Gasteiger partial charge < -0.3 is 14.8 Å². The summed E-state index contributed by atoms with van der Waals surface area (Å²) < 4.78 is 5.50. The molecule has 0 radical (unpaired) electrons. The molecule has 0 saturated heterocycles. The maximum absolute atomic E-state index is 11.6. The third kappa shape index (κ3) is 4.95. The molecule has 0 fully saturated rings. The number of aliphatic hydroxyl groups is 1. The van der Waals surface area contributed by atoms with Crippen LogP contribution in [-0.4, -0.2) is 33.9 Å². The van der Waals surface area contributed by atoms with E-state index in [1.165, 1.54) is 0 Å². The first kappa shape index (κ1) is 15.7. The Labute approximate surface area is 127 Å². The molecule has 2 N–H and O–H groups in total. The lowest BCUT2D eigenvalue weighted by atomic mass is 10.2. The Bertz CT molecular complexity index is 554. The van der Waals surface area contributed by atoms with Gasteiger partial charge in [0.25, 0.3) is 0 Å². The minimum absolute atomic E-state index is 0.0754. The third-order valence-electron chi connectivity index (χ3n) is 3.07. The summed E-state index contributed by atoms with van der Waals surface area (Å²) in [5.41, 5.74) is 0.900. The molecular weight excluding hydrogens is 290 g/mol. The molecule has 0 bridgehead atoms. The predicted octanol–water partition coefficient (Wildman–Crippen LogP) is 2.01. The average molecular weight is 309 g/mol. The first-order chi connectivity index (χ1) is 10.2. The number of rotatable bonds is 8. The zero-order valence-corrected chi connectivity index (χ0v) is 12.7. The summed E-state index contributed by atoms with van der Waals surface area (Å²) in [6, 6.07) is 1.91. The van der Waals surface area contributed by atoms with Gasteiger partial charge in [0.2, 0.25) is 17.7 Å². The van der Waals surface area contributed by atoms with Gasteiger partial charge in [-0.05, 0) is 24.3 Å². The van der Waals surface area contributed by atoms with Crippen LogP contribution in [0.1, 0.15) is 32.1 Å². The van der Waals surface area contributed by atoms with E-state index in [1.807, 2.05) is 23.8 Å². The second-order valence-electron chi connectivity index (χ2n) is 4.71. The molecule has 2 heterocycles. The molecule has 0 aromatic carbocycles. The van der Waals surface area contributed by atoms with Gasteiger partial charge in [0.1, 0.15) is 0 Å². The zero-order chi connectivity index (χ0) is 15.1. The molecule has 2 aromatic heterocycles. The smallest absolute Gasteiger partial charge is 0.248 e. The van der Waals surface area contributed by atoms with E-state index in [-0.39, 0.29) is 12.0 Å². The van der Waals surface area contributed by atoms with Crippen LogP contribution < -0.4 is 5.32 Å². The van der Waals surface area contributed by atoms with Crippen molar-refractivity contribution in [3.63, 3.8) is 0 Å². The van der Waals surface area contributed by atoms with Gasteiger partial charge in [-0.25, -0.2) is 0 Å². The Morgan fingerprint density at radius 2 is 2.38 bits per heavy atom. The summed E-state index contributed by atoms with van der Waals surface area (Å²) in [5.74, 6) is 0.867. The molecule has 1 amide bonds. The molecule has 0 aliphatic rings. The van der Waals surface area contributed by atoms with Crippen molar-refractivity contribution in [3.8, 4) is 11.5 Å². The zero-order valence-electron chi connectivity index (χ0n) is 11.9. The Hall–Kier alpha value is -1.73. The lowest BCUT2D eigenvalue weighted by molar-refractivity contribution is -0.121. The van der Waals surface area contributed by atoms with Crippen LogP contribution in [0.25, 0.3) is 11.5 Å². The van der Waals surface area contributed by atoms with E-state index in [1.54, 1.807) is 11.3 Å². The minimum atomic E-state index is -0.352. The maximum Gasteiger partial charge on any atom is 0.248 e. The summed E-state index contributed by atoms with van der Waals surface area (Å²) >= 11 is 1.56. The number of carbonyl (C=O) groups is 1. The number of amides is 1. The number of aromatic nitrogens is 2. The number of aliphatic hydroxyl groups excluding tert-OH is 1. The van der Waals surface area contributed by atoms with Gasteiger partial charge in [-0.2, -0.15) is 11.3 Å². The third-order valence-corrected chi connectivity index (χ3v) is 3.76. The van der Waals surface area contributed by atoms with Crippen LogP contribution in [0, 0.1) is 0 Å². The second-order valence-corrected chi connectivity index (χ2v) is 5.49. The number of thiophene rings is 1. The summed E-state index contributed by atoms with van der Waals surface area (Å²) in [4.78, 5) is 11.6. The summed E-state index contributed by atoms with van der Waals surface area (Å²) in [6.07, 6.45) is 1.63. The molecule has 0 aliphatic heterocycles. The minimum Gasteiger partial charge on any atom is -0.421 e. The van der Waals surface area contributed by atoms with Gasteiger partial charge in [-0.1, -0.05) is 6.92 Å². The SMILES string of the molecule is CCC(O)CCNC(=O)CCc1nnc(-c2ccsc2)o1. The number of carbonyl (C=O) groups excluding carboxylic acids is 1. The van der Waals surface area contributed by atoms with Crippen molar-refractivity contribution in [2.75, 3.05) is 6.54 Å². The van der Waals surface area contributed by atoms with E-state index in [9.17, 15) is 9.90 Å². The van der Waals surface area contributed by atoms with Crippen LogP contribution >= 0.6 is 11.3 Å². The fourth-order valence-corrected chi connectivity index (χ4v) is 2.38. The van der Waals surface area contributed by atoms with Crippen LogP contribution in [0.4, 0.5) is 0 Å². The van der Waals surface area contributed by atoms with Crippen molar-refractivity contribution in [3.05, 3.63) is 22.7 Å². The van der Waals surface area contributed by atoms with Crippen LogP contribution in [0.2, 0.25) is 0 Å². The van der Waals surface area contributed by atoms with E-state index in [0.29, 0.717) is 44.0 Å². The summed E-state index contributed by atoms with van der Waals surface area (Å²) in [6.45, 7) is 2.39. The van der Waals surface area contributed by atoms with E-state index in [2.05, 4.69) is 15.5 Å². The lowest BCUT2D eigenvalue weighted by Gasteiger charge is -2.08. The first-order valence-electron chi connectivity index (χ1n) is 6.98. The second kappa shape index (κ2) is 7.90. The van der Waals surface area contributed by atoms with E-state index in [4.69, 9.17) is 4.42 Å². The van der Waals surface area contributed by atoms with Crippen LogP contribution in [-0.2, 0) is 11.2 Å². The number of hydrogen-bond acceptors (Lipinski definition) is 6. The summed E-state index contributed by atoms with van der Waals surface area (Å²) in [7, 11) is 0. The molecule has 0 saturated carbocycles. The van der Waals surface area contributed by atoms with Gasteiger partial charge >= 0.3 is 0 Å². The topological polar surface area (TPSA) is 88.2 Å². The normalized spacial score (nSPS) is 12.3. The molecule has 0 aliphatic carbocycles. The Morgan fingerprint density at radius 1 is 1.52 bits per heavy atom. The largest absolute Gasteiger partial charge is 0.421 e. The standard InChI is InChI=1S/C14H19N3O3S/c1-2-11(18)5-7-15-12(19)3-4-13-16-17-14(20-13)10-6-8-21-9-10/h6,8-9,11,18H,2-5,7H2,1H3,(H,15,19). The number of hydrogen-bond donors (Lipinski definition) is 2. The van der Waals surface area contributed by atoms with Crippen molar-refractivity contribution < 1.29 is 14.3 Å². The van der Waals surface area contributed by atoms with Crippen molar-refractivity contribution in [1.82, 2.24) is 15.5 Å². The maximum atomic E-state index is 11.6. The number of nitrogens with zero attached hydrogens (tertiary/aromatic N) is 2. The Kier molecular flexibility index (Phi) is 5.89. The van der Waals surface area contributed by atoms with Crippen molar-refractivity contribution in [2.45, 2.75) is 38.7 Å². The van der Waals surface area contributed by atoms with Gasteiger partial charge in [-0.15, -0.1) is 10.2 Å². The molecule has 2 aromatic rings. The van der Waals surface area contributed by atoms with E-state index >= 15 is 0 Å². The molecule has 7 heteroatoms. The Balaban J connectivity index is 1.72. The van der Waals surface area contributed by atoms with Crippen molar-refractivity contribution in [2.24, 2.45) is 0 Å². The molecular formula is C14H19N3O3S. The van der Waals surface area contributed by atoms with Crippen molar-refractivity contribution >= 4 is 17.2 Å². The van der Waals surface area contributed by atoms with Gasteiger partial charge in [0.05, 0.1) is 6.10 Å². The fourth-order valence-electron chi connectivity index (χ4n) is 1.75. The molecule has 114 valence electrons. The van der Waals surface area contributed by atoms with Crippen LogP contribution in [0.15, 0.2) is 21.2 Å². The molecule has 2 rings (SSSR count). The van der Waals surface area contributed by atoms with E-state index in [0.717, 1.165) is 5.56 Å². The molecule has 6 nitrogen and oxygen atoms in total. The Morgan fingerprint density at radius 3 is 3.10 bits per heavy atom. The predicted molar refractivity (Wildman–Crippen MR) is 79.9 cm³/mol. The summed E-state index contributed by atoms with van der Waals surface area (Å²) in [5, 5.41) is 23.9. The highest BCUT2D eigenvalue weighted by molar-refractivity contribution is 7.08. The molecule has 0 spiro atoms. The van der Waals surface area contributed by atoms with Gasteiger partial charge in [0.15, 0.2) is 0 Å². The van der Waals surface area contributed by atoms with Crippen LogP contribution in [0.5, 0.6) is 0 Å². The fraction of sp³-hybridized carbons (Fsp3) is 0.500. The van der Waals surface area contributed by atoms with Crippen molar-refractivity contribution in [1.29, 1.82) is 0 Å². The van der Waals surface area contributed by atoms with E-state index < -0.39 is 0 Å². The van der Waals surface area contributed by atoms with Crippen LogP contribution in [0.3, 0.4) is 0 Å².